The summed E-state index contributed by atoms with van der Waals surface area (Å²) in [4.78, 5) is 10.9. The van der Waals surface area contributed by atoms with Gasteiger partial charge < -0.3 is 20.1 Å². The summed E-state index contributed by atoms with van der Waals surface area (Å²) in [7, 11) is 1.14. The van der Waals surface area contributed by atoms with E-state index in [2.05, 4.69) is 4.74 Å². The third-order valence-corrected chi connectivity index (χ3v) is 1.74. The van der Waals surface area contributed by atoms with E-state index in [1.807, 2.05) is 0 Å². The number of methoxy groups -OCH3 is 1. The minimum absolute atomic E-state index is 0.159. The van der Waals surface area contributed by atoms with Crippen LogP contribution in [0, 0.1) is 0 Å². The molecule has 0 saturated carbocycles. The molecule has 0 aliphatic heterocycles. The van der Waals surface area contributed by atoms with Crippen molar-refractivity contribution < 1.29 is 24.9 Å². The van der Waals surface area contributed by atoms with Crippen molar-refractivity contribution in [2.75, 3.05) is 7.11 Å². The zero-order valence-electron chi connectivity index (χ0n) is 7.47. The Balaban J connectivity index is 2.96. The molecule has 0 unspecified atom stereocenters. The van der Waals surface area contributed by atoms with Gasteiger partial charge in [0.15, 0.2) is 17.6 Å². The average Bonchev–Trinajstić information content (AvgIpc) is 2.20. The highest BCUT2D eigenvalue weighted by molar-refractivity contribution is 5.76. The van der Waals surface area contributed by atoms with Gasteiger partial charge in [-0.3, -0.25) is 0 Å². The maximum Gasteiger partial charge on any atom is 0.339 e. The molecule has 5 nitrogen and oxygen atoms in total. The largest absolute Gasteiger partial charge is 0.504 e. The number of esters is 1. The molecule has 3 N–H and O–H groups in total. The molecule has 0 fully saturated rings. The number of phenolic OH excluding ortho intramolecular Hbond substituents is 2. The molecule has 76 valence electrons. The van der Waals surface area contributed by atoms with E-state index in [-0.39, 0.29) is 11.3 Å². The van der Waals surface area contributed by atoms with Gasteiger partial charge in [-0.1, -0.05) is 6.07 Å². The molecule has 0 aliphatic carbocycles. The SMILES string of the molecule is COC(=O)[C@H](O)c1ccc(O)c(O)c1. The van der Waals surface area contributed by atoms with Crippen LogP contribution in [0.3, 0.4) is 0 Å². The van der Waals surface area contributed by atoms with Gasteiger partial charge in [-0.05, 0) is 17.7 Å². The predicted octanol–water partition coefficient (Wildman–Crippen LogP) is 0.304. The number of ether oxygens (including phenoxy) is 1. The van der Waals surface area contributed by atoms with Crippen LogP contribution in [-0.4, -0.2) is 28.4 Å². The van der Waals surface area contributed by atoms with Crippen LogP contribution in [0.2, 0.25) is 0 Å². The third-order valence-electron chi connectivity index (χ3n) is 1.74. The number of phenols is 2. The lowest BCUT2D eigenvalue weighted by atomic mass is 10.1. The van der Waals surface area contributed by atoms with E-state index in [0.717, 1.165) is 13.2 Å². The summed E-state index contributed by atoms with van der Waals surface area (Å²) >= 11 is 0. The Morgan fingerprint density at radius 2 is 2.00 bits per heavy atom. The Kier molecular flexibility index (Phi) is 2.93. The number of aromatic hydroxyl groups is 2. The Bertz CT molecular complexity index is 347. The van der Waals surface area contributed by atoms with Gasteiger partial charge in [0, 0.05) is 0 Å². The summed E-state index contributed by atoms with van der Waals surface area (Å²) in [5.74, 6) is -1.54. The van der Waals surface area contributed by atoms with E-state index < -0.39 is 17.8 Å². The second-order valence-corrected chi connectivity index (χ2v) is 2.67. The molecule has 1 aromatic rings. The Labute approximate surface area is 80.2 Å². The summed E-state index contributed by atoms with van der Waals surface area (Å²) in [6, 6.07) is 3.59. The lowest BCUT2D eigenvalue weighted by Crippen LogP contribution is -2.13. The van der Waals surface area contributed by atoms with Gasteiger partial charge in [-0.2, -0.15) is 0 Å². The molecule has 5 heteroatoms. The summed E-state index contributed by atoms with van der Waals surface area (Å²) in [6.45, 7) is 0. The zero-order chi connectivity index (χ0) is 10.7. The summed E-state index contributed by atoms with van der Waals surface area (Å²) in [5.41, 5.74) is 0.159. The van der Waals surface area contributed by atoms with Crippen LogP contribution in [0.25, 0.3) is 0 Å². The predicted molar refractivity (Wildman–Crippen MR) is 46.7 cm³/mol. The number of aliphatic hydroxyl groups excluding tert-OH is 1. The van der Waals surface area contributed by atoms with Crippen molar-refractivity contribution in [3.05, 3.63) is 23.8 Å². The molecule has 0 amide bonds. The molecular weight excluding hydrogens is 188 g/mol. The number of benzene rings is 1. The summed E-state index contributed by atoms with van der Waals surface area (Å²) in [5, 5.41) is 27.4. The molecule has 0 heterocycles. The fourth-order valence-corrected chi connectivity index (χ4v) is 0.958. The van der Waals surface area contributed by atoms with Crippen molar-refractivity contribution in [3.8, 4) is 11.5 Å². The maximum atomic E-state index is 10.9. The van der Waals surface area contributed by atoms with E-state index in [9.17, 15) is 9.90 Å². The first kappa shape index (κ1) is 10.3. The van der Waals surface area contributed by atoms with Crippen LogP contribution in [0.4, 0.5) is 0 Å². The molecular formula is C9H10O5. The fraction of sp³-hybridized carbons (Fsp3) is 0.222. The molecule has 1 rings (SSSR count). The van der Waals surface area contributed by atoms with Gasteiger partial charge in [0.1, 0.15) is 0 Å². The van der Waals surface area contributed by atoms with Crippen LogP contribution >= 0.6 is 0 Å². The molecule has 14 heavy (non-hydrogen) atoms. The number of carbonyl (C=O) groups is 1. The summed E-state index contributed by atoms with van der Waals surface area (Å²) in [6.07, 6.45) is -1.45. The van der Waals surface area contributed by atoms with Crippen LogP contribution < -0.4 is 0 Å². The highest BCUT2D eigenvalue weighted by Crippen LogP contribution is 2.27. The number of hydrogen-bond acceptors (Lipinski definition) is 5. The van der Waals surface area contributed by atoms with E-state index >= 15 is 0 Å². The Morgan fingerprint density at radius 3 is 2.50 bits per heavy atom. The second-order valence-electron chi connectivity index (χ2n) is 2.67. The second kappa shape index (κ2) is 3.97. The molecule has 0 saturated heterocycles. The molecule has 0 aromatic heterocycles. The van der Waals surface area contributed by atoms with Gasteiger partial charge >= 0.3 is 5.97 Å². The molecule has 1 aromatic carbocycles. The standard InChI is InChI=1S/C9H10O5/c1-14-9(13)8(12)5-2-3-6(10)7(11)4-5/h2-4,8,10-12H,1H3/t8-/m1/s1. The van der Waals surface area contributed by atoms with Gasteiger partial charge in [0.25, 0.3) is 0 Å². The van der Waals surface area contributed by atoms with Crippen LogP contribution in [0.5, 0.6) is 11.5 Å². The first-order chi connectivity index (χ1) is 6.56. The number of carbonyl (C=O) groups excluding carboxylic acids is 1. The monoisotopic (exact) mass is 198 g/mol. The minimum atomic E-state index is -1.45. The number of rotatable bonds is 2. The molecule has 0 aliphatic rings. The van der Waals surface area contributed by atoms with Crippen molar-refractivity contribution in [1.29, 1.82) is 0 Å². The topological polar surface area (TPSA) is 87.0 Å². The van der Waals surface area contributed by atoms with Crippen molar-refractivity contribution in [2.45, 2.75) is 6.10 Å². The van der Waals surface area contributed by atoms with Crippen molar-refractivity contribution in [3.63, 3.8) is 0 Å². The molecule has 0 radical (unpaired) electrons. The molecule has 0 bridgehead atoms. The van der Waals surface area contributed by atoms with Crippen molar-refractivity contribution in [2.24, 2.45) is 0 Å². The lowest BCUT2D eigenvalue weighted by molar-refractivity contribution is -0.150. The van der Waals surface area contributed by atoms with E-state index in [1.165, 1.54) is 12.1 Å². The van der Waals surface area contributed by atoms with Crippen LogP contribution in [-0.2, 0) is 9.53 Å². The highest BCUT2D eigenvalue weighted by atomic mass is 16.5. The van der Waals surface area contributed by atoms with Gasteiger partial charge in [-0.25, -0.2) is 4.79 Å². The first-order valence-electron chi connectivity index (χ1n) is 3.84. The quantitative estimate of drug-likeness (QED) is 0.470. The smallest absolute Gasteiger partial charge is 0.339 e. The third kappa shape index (κ3) is 1.94. The number of hydrogen-bond donors (Lipinski definition) is 3. The average molecular weight is 198 g/mol. The van der Waals surface area contributed by atoms with Gasteiger partial charge in [-0.15, -0.1) is 0 Å². The van der Waals surface area contributed by atoms with Crippen LogP contribution in [0.1, 0.15) is 11.7 Å². The van der Waals surface area contributed by atoms with E-state index in [1.54, 1.807) is 0 Å². The lowest BCUT2D eigenvalue weighted by Gasteiger charge is -2.08. The Hall–Kier alpha value is -1.75. The van der Waals surface area contributed by atoms with Crippen molar-refractivity contribution >= 4 is 5.97 Å². The molecule has 0 spiro atoms. The zero-order valence-corrected chi connectivity index (χ0v) is 7.47. The molecule has 1 atom stereocenters. The summed E-state index contributed by atoms with van der Waals surface area (Å²) < 4.78 is 4.30. The fourth-order valence-electron chi connectivity index (χ4n) is 0.958. The normalized spacial score (nSPS) is 12.1. The Morgan fingerprint density at radius 1 is 1.36 bits per heavy atom. The maximum absolute atomic E-state index is 10.9. The number of aliphatic hydroxyl groups is 1. The first-order valence-corrected chi connectivity index (χ1v) is 3.84. The minimum Gasteiger partial charge on any atom is -0.504 e. The van der Waals surface area contributed by atoms with Crippen molar-refractivity contribution in [1.82, 2.24) is 0 Å². The van der Waals surface area contributed by atoms with Gasteiger partial charge in [0.2, 0.25) is 0 Å². The van der Waals surface area contributed by atoms with E-state index in [4.69, 9.17) is 10.2 Å². The van der Waals surface area contributed by atoms with Gasteiger partial charge in [0.05, 0.1) is 7.11 Å². The van der Waals surface area contributed by atoms with Crippen LogP contribution in [0.15, 0.2) is 18.2 Å². The highest BCUT2D eigenvalue weighted by Gasteiger charge is 2.18. The van der Waals surface area contributed by atoms with E-state index in [0.29, 0.717) is 0 Å².